The third kappa shape index (κ3) is 4.21. The second-order valence-electron chi connectivity index (χ2n) is 4.86. The molecule has 2 aromatic rings. The van der Waals surface area contributed by atoms with Gasteiger partial charge in [-0.05, 0) is 151 Å². The molecule has 0 saturated heterocycles. The minimum atomic E-state index is 1.11. The third-order valence-electron chi connectivity index (χ3n) is 3.35. The van der Waals surface area contributed by atoms with Gasteiger partial charge in [-0.3, -0.25) is 0 Å². The molecule has 4 heteroatoms. The van der Waals surface area contributed by atoms with Crippen LogP contribution in [0.4, 0.5) is 0 Å². The average Bonchev–Trinajstić information content (AvgIpc) is 2.40. The van der Waals surface area contributed by atoms with Crippen LogP contribution in [0.5, 0.6) is 0 Å². The van der Waals surface area contributed by atoms with Crippen molar-refractivity contribution in [1.82, 2.24) is 0 Å². The summed E-state index contributed by atoms with van der Waals surface area (Å²) in [4.78, 5) is 0. The minimum Gasteiger partial charge on any atom is -0.0579 e. The van der Waals surface area contributed by atoms with Crippen LogP contribution in [0.1, 0.15) is 22.3 Å². The molecule has 2 aromatic carbocycles. The number of benzene rings is 2. The predicted molar refractivity (Wildman–Crippen MR) is 121 cm³/mol. The van der Waals surface area contributed by atoms with Gasteiger partial charge in [0.1, 0.15) is 0 Å². The van der Waals surface area contributed by atoms with Gasteiger partial charge in [0.05, 0.1) is 0 Å². The lowest BCUT2D eigenvalue weighted by atomic mass is 10.0. The van der Waals surface area contributed by atoms with Gasteiger partial charge in [-0.15, -0.1) is 0 Å². The largest absolute Gasteiger partial charge is 0.0579 e. The topological polar surface area (TPSA) is 0 Å². The van der Waals surface area contributed by atoms with Crippen molar-refractivity contribution in [3.8, 4) is 0 Å². The SMILES string of the molecule is Cc1cc(I)c(CCc2ccc(C)c(I)c2I)cc1I. The van der Waals surface area contributed by atoms with Gasteiger partial charge in [0.15, 0.2) is 0 Å². The zero-order valence-electron chi connectivity index (χ0n) is 11.2. The molecule has 0 bridgehead atoms. The van der Waals surface area contributed by atoms with Crippen LogP contribution in [0.2, 0.25) is 0 Å². The van der Waals surface area contributed by atoms with Crippen molar-refractivity contribution in [2.24, 2.45) is 0 Å². The molecule has 0 unspecified atom stereocenters. The monoisotopic (exact) mass is 714 g/mol. The van der Waals surface area contributed by atoms with Crippen LogP contribution >= 0.6 is 90.4 Å². The Labute approximate surface area is 175 Å². The summed E-state index contributed by atoms with van der Waals surface area (Å²) in [5.74, 6) is 0. The van der Waals surface area contributed by atoms with Gasteiger partial charge in [0.2, 0.25) is 0 Å². The Bertz CT molecular complexity index is 645. The number of aryl methyl sites for hydroxylation is 4. The van der Waals surface area contributed by atoms with E-state index in [-0.39, 0.29) is 0 Å². The van der Waals surface area contributed by atoms with Crippen LogP contribution in [0.15, 0.2) is 24.3 Å². The van der Waals surface area contributed by atoms with E-state index in [1.165, 1.54) is 36.5 Å². The molecule has 0 aliphatic carbocycles. The summed E-state index contributed by atoms with van der Waals surface area (Å²) in [6.07, 6.45) is 2.23. The summed E-state index contributed by atoms with van der Waals surface area (Å²) in [5, 5.41) is 0. The second kappa shape index (κ2) is 7.76. The van der Waals surface area contributed by atoms with Crippen molar-refractivity contribution < 1.29 is 0 Å². The van der Waals surface area contributed by atoms with Crippen molar-refractivity contribution in [1.29, 1.82) is 0 Å². The Kier molecular flexibility index (Phi) is 6.87. The quantitative estimate of drug-likeness (QED) is 0.319. The Morgan fingerprint density at radius 2 is 1.35 bits per heavy atom. The molecule has 0 radical (unpaired) electrons. The van der Waals surface area contributed by atoms with Gasteiger partial charge in [0, 0.05) is 14.3 Å². The van der Waals surface area contributed by atoms with Crippen LogP contribution in [-0.2, 0) is 12.8 Å². The van der Waals surface area contributed by atoms with Crippen molar-refractivity contribution in [3.63, 3.8) is 0 Å². The molecule has 0 fully saturated rings. The number of hydrogen-bond donors (Lipinski definition) is 0. The smallest absolute Gasteiger partial charge is 0.0298 e. The van der Waals surface area contributed by atoms with Crippen LogP contribution in [-0.4, -0.2) is 0 Å². The van der Waals surface area contributed by atoms with Gasteiger partial charge in [-0.25, -0.2) is 0 Å². The highest BCUT2D eigenvalue weighted by Crippen LogP contribution is 2.26. The fraction of sp³-hybridized carbons (Fsp3) is 0.250. The van der Waals surface area contributed by atoms with E-state index in [9.17, 15) is 0 Å². The summed E-state index contributed by atoms with van der Waals surface area (Å²) in [6.45, 7) is 4.36. The predicted octanol–water partition coefficient (Wildman–Crippen LogP) is 6.51. The first-order chi connectivity index (χ1) is 9.40. The third-order valence-corrected chi connectivity index (χ3v) is 9.17. The fourth-order valence-corrected chi connectivity index (χ4v) is 4.85. The number of halogens is 4. The maximum atomic E-state index is 2.48. The lowest BCUT2D eigenvalue weighted by Gasteiger charge is -2.11. The normalized spacial score (nSPS) is 10.9. The summed E-state index contributed by atoms with van der Waals surface area (Å²) >= 11 is 9.83. The van der Waals surface area contributed by atoms with Crippen molar-refractivity contribution in [2.45, 2.75) is 26.7 Å². The van der Waals surface area contributed by atoms with Gasteiger partial charge in [-0.2, -0.15) is 0 Å². The van der Waals surface area contributed by atoms with E-state index in [0.29, 0.717) is 0 Å². The Balaban J connectivity index is 2.21. The van der Waals surface area contributed by atoms with E-state index in [2.05, 4.69) is 128 Å². The van der Waals surface area contributed by atoms with E-state index in [1.807, 2.05) is 0 Å². The first-order valence-corrected chi connectivity index (χ1v) is 10.6. The van der Waals surface area contributed by atoms with E-state index >= 15 is 0 Å². The van der Waals surface area contributed by atoms with Crippen LogP contribution in [0.25, 0.3) is 0 Å². The Morgan fingerprint density at radius 1 is 0.700 bits per heavy atom. The molecule has 0 atom stereocenters. The molecular weight excluding hydrogens is 700 g/mol. The molecule has 106 valence electrons. The number of hydrogen-bond acceptors (Lipinski definition) is 0. The zero-order valence-corrected chi connectivity index (χ0v) is 19.9. The molecule has 0 heterocycles. The molecule has 0 saturated carbocycles. The molecule has 0 aliphatic heterocycles. The van der Waals surface area contributed by atoms with E-state index in [1.54, 1.807) is 0 Å². The maximum absolute atomic E-state index is 2.48. The van der Waals surface area contributed by atoms with Crippen molar-refractivity contribution in [2.75, 3.05) is 0 Å². The summed E-state index contributed by atoms with van der Waals surface area (Å²) < 4.78 is 5.57. The standard InChI is InChI=1S/C16H14I4/c1-9-3-4-11(16(20)15(9)19)5-6-12-8-13(17)10(2)7-14(12)18/h3-4,7-8H,5-6H2,1-2H3. The van der Waals surface area contributed by atoms with E-state index < -0.39 is 0 Å². The lowest BCUT2D eigenvalue weighted by Crippen LogP contribution is -2.00. The van der Waals surface area contributed by atoms with E-state index in [0.717, 1.165) is 12.8 Å². The molecule has 0 aromatic heterocycles. The highest BCUT2D eigenvalue weighted by atomic mass is 127. The van der Waals surface area contributed by atoms with Crippen LogP contribution in [0, 0.1) is 28.1 Å². The average molecular weight is 714 g/mol. The molecule has 2 rings (SSSR count). The van der Waals surface area contributed by atoms with Crippen molar-refractivity contribution >= 4 is 90.4 Å². The minimum absolute atomic E-state index is 1.11. The molecule has 0 N–H and O–H groups in total. The van der Waals surface area contributed by atoms with Crippen molar-refractivity contribution in [3.05, 3.63) is 60.8 Å². The van der Waals surface area contributed by atoms with Gasteiger partial charge in [-0.1, -0.05) is 12.1 Å². The fourth-order valence-electron chi connectivity index (χ4n) is 2.03. The molecule has 20 heavy (non-hydrogen) atoms. The van der Waals surface area contributed by atoms with Gasteiger partial charge in [0.25, 0.3) is 0 Å². The summed E-state index contributed by atoms with van der Waals surface area (Å²) in [5.41, 5.74) is 5.68. The molecule has 0 amide bonds. The Morgan fingerprint density at radius 3 is 2.05 bits per heavy atom. The molecular formula is C16H14I4. The molecule has 0 aliphatic rings. The first kappa shape index (κ1) is 17.7. The summed E-state index contributed by atoms with van der Waals surface area (Å²) in [7, 11) is 0. The highest BCUT2D eigenvalue weighted by molar-refractivity contribution is 14.1. The van der Waals surface area contributed by atoms with Crippen LogP contribution in [0.3, 0.4) is 0 Å². The number of rotatable bonds is 3. The van der Waals surface area contributed by atoms with Gasteiger partial charge >= 0.3 is 0 Å². The Hall–Kier alpha value is 1.36. The highest BCUT2D eigenvalue weighted by Gasteiger charge is 2.09. The second-order valence-corrected chi connectivity index (χ2v) is 9.34. The van der Waals surface area contributed by atoms with Crippen LogP contribution < -0.4 is 0 Å². The molecule has 0 nitrogen and oxygen atoms in total. The lowest BCUT2D eigenvalue weighted by molar-refractivity contribution is 0.942. The molecule has 0 spiro atoms. The first-order valence-electron chi connectivity index (χ1n) is 6.28. The maximum Gasteiger partial charge on any atom is 0.0298 e. The summed E-state index contributed by atoms with van der Waals surface area (Å²) in [6, 6.07) is 9.15. The van der Waals surface area contributed by atoms with Gasteiger partial charge < -0.3 is 0 Å². The van der Waals surface area contributed by atoms with E-state index in [4.69, 9.17) is 0 Å². The zero-order chi connectivity index (χ0) is 14.9.